The second-order valence-corrected chi connectivity index (χ2v) is 6.76. The maximum Gasteiger partial charge on any atom is 0.345 e. The lowest BCUT2D eigenvalue weighted by Crippen LogP contribution is -2.13. The van der Waals surface area contributed by atoms with Crippen LogP contribution in [0, 0.1) is 18.6 Å². The van der Waals surface area contributed by atoms with E-state index in [1.807, 2.05) is 0 Å². The van der Waals surface area contributed by atoms with Crippen LogP contribution in [0.4, 0.5) is 14.5 Å². The van der Waals surface area contributed by atoms with E-state index in [4.69, 9.17) is 22.1 Å². The van der Waals surface area contributed by atoms with Gasteiger partial charge in [-0.25, -0.2) is 18.6 Å². The van der Waals surface area contributed by atoms with Crippen LogP contribution in [0.5, 0.6) is 5.88 Å². The highest BCUT2D eigenvalue weighted by Crippen LogP contribution is 2.38. The molecule has 0 atom stereocenters. The van der Waals surface area contributed by atoms with Crippen LogP contribution in [0.2, 0.25) is 5.02 Å². The number of nitrogens with two attached hydrogens (primary N) is 1. The summed E-state index contributed by atoms with van der Waals surface area (Å²) in [6.45, 7) is 1.73. The molecule has 8 heteroatoms. The zero-order chi connectivity index (χ0) is 20.7. The average molecular weight is 414 g/mol. The molecule has 0 spiro atoms. The van der Waals surface area contributed by atoms with Gasteiger partial charge in [-0.2, -0.15) is 0 Å². The summed E-state index contributed by atoms with van der Waals surface area (Å²) in [5.74, 6) is -2.86. The van der Waals surface area contributed by atoms with Crippen LogP contribution in [-0.4, -0.2) is 15.9 Å². The highest BCUT2D eigenvalue weighted by Gasteiger charge is 2.24. The van der Waals surface area contributed by atoms with Crippen molar-refractivity contribution in [3.63, 3.8) is 0 Å². The number of H-pyrrole nitrogens is 1. The Kier molecular flexibility index (Phi) is 4.68. The SMILES string of the molecule is Cc1ccccc1C(=O)Oc1nc(-c2ccc3cc[nH]c3c2F)c(F)c(N)c1Cl. The number of aryl methyl sites for hydroxylation is 1. The van der Waals surface area contributed by atoms with Gasteiger partial charge >= 0.3 is 5.97 Å². The van der Waals surface area contributed by atoms with E-state index in [2.05, 4.69) is 9.97 Å². The van der Waals surface area contributed by atoms with Crippen molar-refractivity contribution in [2.24, 2.45) is 0 Å². The Morgan fingerprint density at radius 3 is 2.66 bits per heavy atom. The van der Waals surface area contributed by atoms with Crippen LogP contribution in [0.15, 0.2) is 48.7 Å². The lowest BCUT2D eigenvalue weighted by Gasteiger charge is -2.13. The van der Waals surface area contributed by atoms with E-state index in [0.717, 1.165) is 0 Å². The second-order valence-electron chi connectivity index (χ2n) is 6.38. The standard InChI is InChI=1S/C21H14ClF2N3O2/c1-10-4-2-3-5-12(10)21(28)29-20-14(22)17(25)16(24)19(27-20)13-7-6-11-8-9-26-18(11)15(13)23/h2-9,26H,1H3,(H2,25,27). The third-order valence-corrected chi connectivity index (χ3v) is 4.92. The van der Waals surface area contributed by atoms with Gasteiger partial charge in [-0.15, -0.1) is 0 Å². The van der Waals surface area contributed by atoms with Crippen molar-refractivity contribution in [3.05, 3.63) is 76.4 Å². The lowest BCUT2D eigenvalue weighted by atomic mass is 10.1. The third kappa shape index (κ3) is 3.19. The van der Waals surface area contributed by atoms with Gasteiger partial charge in [-0.1, -0.05) is 35.9 Å². The molecule has 0 aliphatic carbocycles. The first-order valence-electron chi connectivity index (χ1n) is 8.56. The van der Waals surface area contributed by atoms with Gasteiger partial charge in [0.25, 0.3) is 0 Å². The molecule has 3 N–H and O–H groups in total. The summed E-state index contributed by atoms with van der Waals surface area (Å²) < 4.78 is 34.9. The molecule has 0 fully saturated rings. The Morgan fingerprint density at radius 1 is 1.14 bits per heavy atom. The van der Waals surface area contributed by atoms with Gasteiger partial charge in [0.2, 0.25) is 5.88 Å². The normalized spacial score (nSPS) is 11.0. The van der Waals surface area contributed by atoms with E-state index < -0.39 is 34.9 Å². The van der Waals surface area contributed by atoms with Crippen molar-refractivity contribution in [2.75, 3.05) is 5.73 Å². The number of halogens is 3. The molecule has 2 aromatic heterocycles. The van der Waals surface area contributed by atoms with Crippen LogP contribution in [0.3, 0.4) is 0 Å². The second kappa shape index (κ2) is 7.18. The van der Waals surface area contributed by atoms with E-state index in [1.165, 1.54) is 6.07 Å². The third-order valence-electron chi connectivity index (χ3n) is 4.56. The monoisotopic (exact) mass is 413 g/mol. The summed E-state index contributed by atoms with van der Waals surface area (Å²) in [5, 5.41) is 0.245. The number of hydrogen-bond acceptors (Lipinski definition) is 4. The fraction of sp³-hybridized carbons (Fsp3) is 0.0476. The first kappa shape index (κ1) is 18.9. The first-order valence-corrected chi connectivity index (χ1v) is 8.94. The Hall–Kier alpha value is -3.45. The highest BCUT2D eigenvalue weighted by atomic mass is 35.5. The topological polar surface area (TPSA) is 81.0 Å². The van der Waals surface area contributed by atoms with Gasteiger partial charge < -0.3 is 15.5 Å². The smallest absolute Gasteiger partial charge is 0.345 e. The number of anilines is 1. The molecule has 0 radical (unpaired) electrons. The number of pyridine rings is 1. The van der Waals surface area contributed by atoms with E-state index in [1.54, 1.807) is 49.5 Å². The number of nitrogens with zero attached hydrogens (tertiary/aromatic N) is 1. The number of rotatable bonds is 3. The van der Waals surface area contributed by atoms with Crippen LogP contribution >= 0.6 is 11.6 Å². The molecule has 2 heterocycles. The van der Waals surface area contributed by atoms with Crippen molar-refractivity contribution >= 4 is 34.2 Å². The molecule has 0 aliphatic heterocycles. The zero-order valence-corrected chi connectivity index (χ0v) is 15.8. The molecule has 146 valence electrons. The van der Waals surface area contributed by atoms with Crippen molar-refractivity contribution in [3.8, 4) is 17.1 Å². The fourth-order valence-corrected chi connectivity index (χ4v) is 3.17. The minimum Gasteiger partial charge on any atom is -0.402 e. The van der Waals surface area contributed by atoms with Crippen molar-refractivity contribution < 1.29 is 18.3 Å². The van der Waals surface area contributed by atoms with Gasteiger partial charge in [0.05, 0.1) is 16.8 Å². The van der Waals surface area contributed by atoms with E-state index in [9.17, 15) is 13.6 Å². The van der Waals surface area contributed by atoms with Crippen molar-refractivity contribution in [1.29, 1.82) is 0 Å². The number of esters is 1. The molecule has 0 unspecified atom stereocenters. The van der Waals surface area contributed by atoms with Gasteiger partial charge in [0.15, 0.2) is 11.6 Å². The number of aromatic amines is 1. The maximum atomic E-state index is 14.9. The molecule has 0 saturated carbocycles. The van der Waals surface area contributed by atoms with Crippen LogP contribution < -0.4 is 10.5 Å². The molecule has 0 aliphatic rings. The van der Waals surface area contributed by atoms with Gasteiger partial charge in [-0.3, -0.25) is 0 Å². The number of aromatic nitrogens is 2. The number of fused-ring (bicyclic) bond motifs is 1. The summed E-state index contributed by atoms with van der Waals surface area (Å²) >= 11 is 6.04. The maximum absolute atomic E-state index is 14.9. The molecule has 0 amide bonds. The molecule has 29 heavy (non-hydrogen) atoms. The molecule has 4 aromatic rings. The average Bonchev–Trinajstić information content (AvgIpc) is 3.19. The Morgan fingerprint density at radius 2 is 1.90 bits per heavy atom. The molecular weight excluding hydrogens is 400 g/mol. The number of carbonyl (C=O) groups is 1. The molecule has 0 bridgehead atoms. The number of benzene rings is 2. The zero-order valence-electron chi connectivity index (χ0n) is 15.1. The van der Waals surface area contributed by atoms with Crippen LogP contribution in [0.25, 0.3) is 22.2 Å². The van der Waals surface area contributed by atoms with Crippen LogP contribution in [-0.2, 0) is 0 Å². The quantitative estimate of drug-likeness (QED) is 0.448. The summed E-state index contributed by atoms with van der Waals surface area (Å²) in [4.78, 5) is 19.2. The van der Waals surface area contributed by atoms with Gasteiger partial charge in [0.1, 0.15) is 10.7 Å². The minimum absolute atomic E-state index is 0.144. The summed E-state index contributed by atoms with van der Waals surface area (Å²) in [6, 6.07) is 11.4. The molecule has 2 aromatic carbocycles. The minimum atomic E-state index is -1.00. The number of nitrogens with one attached hydrogen (secondary N) is 1. The largest absolute Gasteiger partial charge is 0.402 e. The van der Waals surface area contributed by atoms with Crippen molar-refractivity contribution in [2.45, 2.75) is 6.92 Å². The predicted molar refractivity (Wildman–Crippen MR) is 107 cm³/mol. The Balaban J connectivity index is 1.82. The van der Waals surface area contributed by atoms with E-state index in [-0.39, 0.29) is 21.7 Å². The number of ether oxygens (including phenoxy) is 1. The summed E-state index contributed by atoms with van der Waals surface area (Å²) in [7, 11) is 0. The molecule has 4 rings (SSSR count). The predicted octanol–water partition coefficient (Wildman–Crippen LogP) is 5.27. The summed E-state index contributed by atoms with van der Waals surface area (Å²) in [6.07, 6.45) is 1.56. The number of nitrogen functional groups attached to an aromatic ring is 1. The van der Waals surface area contributed by atoms with Crippen LogP contribution in [0.1, 0.15) is 15.9 Å². The van der Waals surface area contributed by atoms with E-state index >= 15 is 0 Å². The molecule has 0 saturated heterocycles. The van der Waals surface area contributed by atoms with Crippen molar-refractivity contribution in [1.82, 2.24) is 9.97 Å². The number of hydrogen-bond donors (Lipinski definition) is 2. The highest BCUT2D eigenvalue weighted by molar-refractivity contribution is 6.34. The summed E-state index contributed by atoms with van der Waals surface area (Å²) in [5.41, 5.74) is 5.85. The number of carbonyl (C=O) groups excluding carboxylic acids is 1. The Labute approximate surface area is 169 Å². The fourth-order valence-electron chi connectivity index (χ4n) is 3.00. The molecular formula is C21H14ClF2N3O2. The Bertz CT molecular complexity index is 1270. The van der Waals surface area contributed by atoms with Gasteiger partial charge in [-0.05, 0) is 30.7 Å². The van der Waals surface area contributed by atoms with Gasteiger partial charge in [0, 0.05) is 17.1 Å². The lowest BCUT2D eigenvalue weighted by molar-refractivity contribution is 0.0727. The first-order chi connectivity index (χ1) is 13.9. The van der Waals surface area contributed by atoms with E-state index in [0.29, 0.717) is 10.9 Å². The molecule has 5 nitrogen and oxygen atoms in total.